The maximum Gasteiger partial charge on any atom is 0.338 e. The first kappa shape index (κ1) is 21.7. The van der Waals surface area contributed by atoms with Gasteiger partial charge in [-0.05, 0) is 61.7 Å². The Hall–Kier alpha value is -3.18. The van der Waals surface area contributed by atoms with Gasteiger partial charge in [0.25, 0.3) is 0 Å². The highest BCUT2D eigenvalue weighted by Crippen LogP contribution is 2.49. The average molecular weight is 443 g/mol. The quantitative estimate of drug-likeness (QED) is 0.376. The molecule has 6 rings (SSSR count). The van der Waals surface area contributed by atoms with Crippen LogP contribution >= 0.6 is 0 Å². The van der Waals surface area contributed by atoms with Crippen LogP contribution in [0.15, 0.2) is 73.4 Å². The first-order valence-corrected chi connectivity index (χ1v) is 11.6. The van der Waals surface area contributed by atoms with E-state index >= 15 is 0 Å². The maximum atomic E-state index is 13.2. The number of nitrogens with zero attached hydrogens (tertiary/aromatic N) is 2. The third-order valence-corrected chi connectivity index (χ3v) is 7.58. The summed E-state index contributed by atoms with van der Waals surface area (Å²) in [6.45, 7) is 8.35. The van der Waals surface area contributed by atoms with Crippen molar-refractivity contribution in [2.45, 2.75) is 31.9 Å². The summed E-state index contributed by atoms with van der Waals surface area (Å²) in [7, 11) is 1.66. The number of carbonyl (C=O) groups excluding carboxylic acids is 1. The standard InChI is InChI=1S/C28H30N2O3/c1-4-28(2)18-30-15-13-20(28)16-25(30)26(33-27(31)19-8-6-5-7-9-19)22-12-14-29-24-11-10-21(32-3)17-23(22)24/h4-12,14,17,20,25-26H,1,13,15-16,18H2,2-3H3. The summed E-state index contributed by atoms with van der Waals surface area (Å²) < 4.78 is 11.8. The summed E-state index contributed by atoms with van der Waals surface area (Å²) in [5.74, 6) is 0.975. The Kier molecular flexibility index (Phi) is 5.67. The Labute approximate surface area is 195 Å². The zero-order chi connectivity index (χ0) is 23.0. The molecule has 1 aromatic heterocycles. The number of carbonyl (C=O) groups is 1. The first-order valence-electron chi connectivity index (χ1n) is 11.6. The molecule has 3 aliphatic rings. The van der Waals surface area contributed by atoms with Gasteiger partial charge in [0, 0.05) is 29.1 Å². The molecule has 2 bridgehead atoms. The first-order chi connectivity index (χ1) is 16.0. The second-order valence-electron chi connectivity index (χ2n) is 9.44. The van der Waals surface area contributed by atoms with Gasteiger partial charge in [0.05, 0.1) is 24.2 Å². The van der Waals surface area contributed by atoms with Gasteiger partial charge in [0.2, 0.25) is 0 Å². The normalized spacial score (nSPS) is 27.2. The molecule has 2 aromatic carbocycles. The summed E-state index contributed by atoms with van der Waals surface area (Å²) in [6.07, 6.45) is 5.61. The lowest BCUT2D eigenvalue weighted by Crippen LogP contribution is -2.59. The molecule has 3 aliphatic heterocycles. The fourth-order valence-corrected chi connectivity index (χ4v) is 5.58. The van der Waals surface area contributed by atoms with Crippen molar-refractivity contribution >= 4 is 16.9 Å². The molecular weight excluding hydrogens is 412 g/mol. The van der Waals surface area contributed by atoms with Crippen LogP contribution in [0.3, 0.4) is 0 Å². The van der Waals surface area contributed by atoms with Gasteiger partial charge in [-0.25, -0.2) is 4.79 Å². The number of pyridine rings is 1. The Morgan fingerprint density at radius 2 is 2.06 bits per heavy atom. The lowest BCUT2D eigenvalue weighted by atomic mass is 9.64. The Morgan fingerprint density at radius 1 is 1.24 bits per heavy atom. The second-order valence-corrected chi connectivity index (χ2v) is 9.44. The van der Waals surface area contributed by atoms with Crippen molar-refractivity contribution in [2.24, 2.45) is 11.3 Å². The molecule has 170 valence electrons. The fourth-order valence-electron chi connectivity index (χ4n) is 5.58. The molecule has 4 heterocycles. The van der Waals surface area contributed by atoms with E-state index in [1.807, 2.05) is 42.5 Å². The summed E-state index contributed by atoms with van der Waals surface area (Å²) in [5, 5.41) is 0.955. The Morgan fingerprint density at radius 3 is 2.76 bits per heavy atom. The Bertz CT molecular complexity index is 1180. The van der Waals surface area contributed by atoms with Gasteiger partial charge >= 0.3 is 5.97 Å². The minimum Gasteiger partial charge on any atom is -0.497 e. The smallest absolute Gasteiger partial charge is 0.338 e. The number of methoxy groups -OCH3 is 1. The van der Waals surface area contributed by atoms with Gasteiger partial charge < -0.3 is 9.47 Å². The summed E-state index contributed by atoms with van der Waals surface area (Å²) >= 11 is 0. The molecular formula is C28H30N2O3. The highest BCUT2D eigenvalue weighted by molar-refractivity contribution is 5.90. The van der Waals surface area contributed by atoms with Gasteiger partial charge in [-0.3, -0.25) is 9.88 Å². The number of piperidine rings is 3. The van der Waals surface area contributed by atoms with Crippen LogP contribution in [0.5, 0.6) is 5.75 Å². The molecule has 5 nitrogen and oxygen atoms in total. The van der Waals surface area contributed by atoms with Crippen molar-refractivity contribution in [3.05, 3.63) is 84.6 Å². The van der Waals surface area contributed by atoms with E-state index in [0.29, 0.717) is 11.5 Å². The van der Waals surface area contributed by atoms with Crippen molar-refractivity contribution in [2.75, 3.05) is 20.2 Å². The number of ether oxygens (including phenoxy) is 2. The summed E-state index contributed by atoms with van der Waals surface area (Å²) in [6, 6.07) is 17.2. The number of esters is 1. The van der Waals surface area contributed by atoms with Crippen LogP contribution in [0.2, 0.25) is 0 Å². The van der Waals surface area contributed by atoms with Crippen LogP contribution in [0.1, 0.15) is 41.8 Å². The third kappa shape index (κ3) is 3.91. The third-order valence-electron chi connectivity index (χ3n) is 7.58. The van der Waals surface area contributed by atoms with Gasteiger partial charge in [0.15, 0.2) is 0 Å². The van der Waals surface area contributed by atoms with Crippen LogP contribution in [0.4, 0.5) is 0 Å². The van der Waals surface area contributed by atoms with E-state index in [9.17, 15) is 4.79 Å². The van der Waals surface area contributed by atoms with E-state index in [4.69, 9.17) is 9.47 Å². The molecule has 0 aliphatic carbocycles. The van der Waals surface area contributed by atoms with Crippen LogP contribution in [0.25, 0.3) is 10.9 Å². The monoisotopic (exact) mass is 442 g/mol. The van der Waals surface area contributed by atoms with E-state index in [1.165, 1.54) is 0 Å². The molecule has 3 aromatic rings. The topological polar surface area (TPSA) is 51.7 Å². The highest BCUT2D eigenvalue weighted by Gasteiger charge is 2.49. The minimum atomic E-state index is -0.410. The van der Waals surface area contributed by atoms with Crippen molar-refractivity contribution < 1.29 is 14.3 Å². The largest absolute Gasteiger partial charge is 0.497 e. The number of hydrogen-bond donors (Lipinski definition) is 0. The Balaban J connectivity index is 1.58. The lowest BCUT2D eigenvalue weighted by Gasteiger charge is -2.55. The molecule has 0 amide bonds. The van der Waals surface area contributed by atoms with Crippen LogP contribution in [-0.2, 0) is 4.74 Å². The molecule has 5 heteroatoms. The van der Waals surface area contributed by atoms with E-state index in [-0.39, 0.29) is 17.4 Å². The number of rotatable bonds is 6. The molecule has 0 spiro atoms. The predicted molar refractivity (Wildman–Crippen MR) is 129 cm³/mol. The second kappa shape index (κ2) is 8.64. The van der Waals surface area contributed by atoms with Crippen molar-refractivity contribution in [1.29, 1.82) is 0 Å². The van der Waals surface area contributed by atoms with Gasteiger partial charge in [-0.15, -0.1) is 6.58 Å². The molecule has 0 radical (unpaired) electrons. The van der Waals surface area contributed by atoms with Gasteiger partial charge in [-0.2, -0.15) is 0 Å². The van der Waals surface area contributed by atoms with E-state index < -0.39 is 6.10 Å². The zero-order valence-electron chi connectivity index (χ0n) is 19.2. The summed E-state index contributed by atoms with van der Waals surface area (Å²) in [4.78, 5) is 20.2. The van der Waals surface area contributed by atoms with Crippen LogP contribution in [0, 0.1) is 11.3 Å². The molecule has 3 fully saturated rings. The lowest BCUT2D eigenvalue weighted by molar-refractivity contribution is -0.0824. The molecule has 0 N–H and O–H groups in total. The van der Waals surface area contributed by atoms with Gasteiger partial charge in [0.1, 0.15) is 11.9 Å². The minimum absolute atomic E-state index is 0.0896. The number of hydrogen-bond acceptors (Lipinski definition) is 5. The maximum absolute atomic E-state index is 13.2. The van der Waals surface area contributed by atoms with Crippen LogP contribution < -0.4 is 4.74 Å². The molecule has 33 heavy (non-hydrogen) atoms. The van der Waals surface area contributed by atoms with Gasteiger partial charge in [-0.1, -0.05) is 31.2 Å². The zero-order valence-corrected chi connectivity index (χ0v) is 19.2. The number of aromatic nitrogens is 1. The molecule has 3 saturated heterocycles. The number of fused-ring (bicyclic) bond motifs is 4. The van der Waals surface area contributed by atoms with E-state index in [2.05, 4.69) is 29.5 Å². The molecule has 5 unspecified atom stereocenters. The number of benzene rings is 2. The highest BCUT2D eigenvalue weighted by atomic mass is 16.5. The molecule has 5 atom stereocenters. The van der Waals surface area contributed by atoms with E-state index in [0.717, 1.165) is 48.1 Å². The molecule has 0 saturated carbocycles. The van der Waals surface area contributed by atoms with Crippen LogP contribution in [-0.4, -0.2) is 42.1 Å². The van der Waals surface area contributed by atoms with E-state index in [1.54, 1.807) is 25.4 Å². The van der Waals surface area contributed by atoms with Crippen molar-refractivity contribution in [3.63, 3.8) is 0 Å². The summed E-state index contributed by atoms with van der Waals surface area (Å²) in [5.41, 5.74) is 2.49. The predicted octanol–water partition coefficient (Wildman–Crippen LogP) is 5.43. The van der Waals surface area contributed by atoms with Crippen molar-refractivity contribution in [1.82, 2.24) is 9.88 Å². The average Bonchev–Trinajstić information content (AvgIpc) is 2.87. The van der Waals surface area contributed by atoms with Crippen molar-refractivity contribution in [3.8, 4) is 5.75 Å². The SMILES string of the molecule is C=CC1(C)CN2CCC1CC2C(OC(=O)c1ccccc1)c1ccnc2ccc(OC)cc12. The fraction of sp³-hybridized carbons (Fsp3) is 0.357.